The van der Waals surface area contributed by atoms with Gasteiger partial charge in [0.2, 0.25) is 6.33 Å². The van der Waals surface area contributed by atoms with E-state index >= 15 is 0 Å². The predicted molar refractivity (Wildman–Crippen MR) is 49.6 cm³/mol. The minimum Gasteiger partial charge on any atom is -0.386 e. The molecule has 1 radical (unpaired) electrons. The second-order valence-electron chi connectivity index (χ2n) is 3.10. The van der Waals surface area contributed by atoms with Gasteiger partial charge in [0.1, 0.15) is 11.0 Å². The van der Waals surface area contributed by atoms with Crippen molar-refractivity contribution >= 4 is 16.7 Å². The first kappa shape index (κ1) is 10.7. The fraction of sp³-hybridized carbons (Fsp3) is 0.222. The molecule has 0 unspecified atom stereocenters. The number of anilines is 1. The summed E-state index contributed by atoms with van der Waals surface area (Å²) in [4.78, 5) is 3.52. The van der Waals surface area contributed by atoms with Crippen LogP contribution >= 0.6 is 0 Å². The Labute approximate surface area is 87.6 Å². The topological polar surface area (TPSA) is 29.9 Å². The average molecular weight is 232 g/mol. The number of halogens is 4. The zero-order chi connectivity index (χ0) is 11.9. The lowest BCUT2D eigenvalue weighted by atomic mass is 10.1. The number of nitrogens with zero attached hydrogens (tertiary/aromatic N) is 2. The normalized spacial score (nSPS) is 12.1. The second-order valence-corrected chi connectivity index (χ2v) is 3.10. The molecule has 0 spiro atoms. The zero-order valence-electron chi connectivity index (χ0n) is 8.06. The van der Waals surface area contributed by atoms with Gasteiger partial charge >= 0.3 is 6.18 Å². The summed E-state index contributed by atoms with van der Waals surface area (Å²) in [6.45, 7) is 0. The van der Waals surface area contributed by atoms with Crippen molar-refractivity contribution in [2.24, 2.45) is 0 Å². The smallest absolute Gasteiger partial charge is 0.386 e. The molecule has 0 saturated heterocycles. The van der Waals surface area contributed by atoms with E-state index in [9.17, 15) is 17.7 Å². The molecule has 2 aromatic rings. The first-order chi connectivity index (χ1) is 7.45. The van der Waals surface area contributed by atoms with E-state index in [4.69, 9.17) is 0 Å². The highest BCUT2D eigenvalue weighted by Crippen LogP contribution is 2.38. The third-order valence-corrected chi connectivity index (χ3v) is 2.17. The molecule has 0 aliphatic carbocycles. The van der Waals surface area contributed by atoms with Gasteiger partial charge in [-0.25, -0.2) is 4.98 Å². The van der Waals surface area contributed by atoms with Crippen LogP contribution in [0.2, 0.25) is 0 Å². The SMILES string of the molecule is CNc1c(C(F)(F)F)ccc2c1n[c]n2F. The first-order valence-corrected chi connectivity index (χ1v) is 4.29. The summed E-state index contributed by atoms with van der Waals surface area (Å²) in [5.74, 6) is 0. The van der Waals surface area contributed by atoms with Crippen molar-refractivity contribution in [3.05, 3.63) is 24.0 Å². The summed E-state index contributed by atoms with van der Waals surface area (Å²) in [6, 6.07) is 1.82. The molecule has 0 bridgehead atoms. The van der Waals surface area contributed by atoms with Crippen LogP contribution in [0.4, 0.5) is 23.3 Å². The molecule has 1 aromatic heterocycles. The van der Waals surface area contributed by atoms with Crippen LogP contribution in [0.3, 0.4) is 0 Å². The van der Waals surface area contributed by atoms with E-state index in [-0.39, 0.29) is 21.5 Å². The van der Waals surface area contributed by atoms with E-state index in [0.717, 1.165) is 12.1 Å². The highest BCUT2D eigenvalue weighted by atomic mass is 19.4. The monoisotopic (exact) mass is 232 g/mol. The Morgan fingerprint density at radius 1 is 1.38 bits per heavy atom. The maximum absolute atomic E-state index is 13.0. The van der Waals surface area contributed by atoms with Crippen LogP contribution < -0.4 is 5.32 Å². The Bertz CT molecular complexity index is 529. The van der Waals surface area contributed by atoms with E-state index in [0.29, 0.717) is 0 Å². The van der Waals surface area contributed by atoms with Gasteiger partial charge in [0.15, 0.2) is 0 Å². The molecule has 7 heteroatoms. The van der Waals surface area contributed by atoms with Crippen LogP contribution in [0.25, 0.3) is 11.0 Å². The van der Waals surface area contributed by atoms with Gasteiger partial charge in [0, 0.05) is 7.05 Å². The van der Waals surface area contributed by atoms with Crippen molar-refractivity contribution in [3.63, 3.8) is 0 Å². The van der Waals surface area contributed by atoms with Crippen LogP contribution in [0, 0.1) is 6.33 Å². The van der Waals surface area contributed by atoms with E-state index in [2.05, 4.69) is 10.3 Å². The molecule has 0 fully saturated rings. The van der Waals surface area contributed by atoms with E-state index in [1.165, 1.54) is 7.05 Å². The van der Waals surface area contributed by atoms with E-state index in [1.807, 2.05) is 6.33 Å². The molecule has 0 aliphatic heterocycles. The lowest BCUT2D eigenvalue weighted by Crippen LogP contribution is -2.09. The molecule has 1 heterocycles. The molecule has 0 atom stereocenters. The molecule has 0 saturated carbocycles. The molecular formula is C9H6F4N3. The number of hydrogen-bond acceptors (Lipinski definition) is 2. The van der Waals surface area contributed by atoms with Crippen LogP contribution in [-0.2, 0) is 6.18 Å². The van der Waals surface area contributed by atoms with Crippen LogP contribution in [0.1, 0.15) is 5.56 Å². The lowest BCUT2D eigenvalue weighted by Gasteiger charge is -2.12. The Morgan fingerprint density at radius 3 is 2.62 bits per heavy atom. The first-order valence-electron chi connectivity index (χ1n) is 4.29. The number of benzene rings is 1. The number of aromatic nitrogens is 2. The molecule has 3 nitrogen and oxygen atoms in total. The Hall–Kier alpha value is -1.79. The number of imidazole rings is 1. The van der Waals surface area contributed by atoms with Gasteiger partial charge in [0.05, 0.1) is 11.3 Å². The minimum absolute atomic E-state index is 0.0519. The molecule has 1 aromatic carbocycles. The van der Waals surface area contributed by atoms with E-state index in [1.54, 1.807) is 0 Å². The summed E-state index contributed by atoms with van der Waals surface area (Å²) in [5, 5.41) is 2.38. The highest BCUT2D eigenvalue weighted by molar-refractivity contribution is 5.90. The highest BCUT2D eigenvalue weighted by Gasteiger charge is 2.34. The van der Waals surface area contributed by atoms with Crippen molar-refractivity contribution in [2.45, 2.75) is 6.18 Å². The standard InChI is InChI=1S/C9H6F4N3/c1-14-7-5(9(10,11)12)2-3-6-8(7)15-4-16(6)13/h2-3,14H,1H3. The van der Waals surface area contributed by atoms with Crippen molar-refractivity contribution in [1.82, 2.24) is 9.77 Å². The van der Waals surface area contributed by atoms with Crippen molar-refractivity contribution in [2.75, 3.05) is 12.4 Å². The molecule has 1 N–H and O–H groups in total. The molecule has 2 rings (SSSR count). The second kappa shape index (κ2) is 3.36. The van der Waals surface area contributed by atoms with Crippen LogP contribution in [-0.4, -0.2) is 16.8 Å². The van der Waals surface area contributed by atoms with E-state index < -0.39 is 11.7 Å². The van der Waals surface area contributed by atoms with Crippen LogP contribution in [0.15, 0.2) is 12.1 Å². The largest absolute Gasteiger partial charge is 0.418 e. The summed E-state index contributed by atoms with van der Waals surface area (Å²) in [7, 11) is 1.32. The van der Waals surface area contributed by atoms with Gasteiger partial charge in [-0.3, -0.25) is 0 Å². The Balaban J connectivity index is 2.78. The maximum Gasteiger partial charge on any atom is 0.418 e. The summed E-state index contributed by atoms with van der Waals surface area (Å²) < 4.78 is 50.8. The van der Waals surface area contributed by atoms with Crippen molar-refractivity contribution in [3.8, 4) is 0 Å². The van der Waals surface area contributed by atoms with Gasteiger partial charge < -0.3 is 5.32 Å². The van der Waals surface area contributed by atoms with Gasteiger partial charge in [-0.15, -0.1) is 0 Å². The molecular weight excluding hydrogens is 226 g/mol. The molecule has 0 amide bonds. The molecule has 0 aliphatic rings. The number of hydrogen-bond donors (Lipinski definition) is 1. The Morgan fingerprint density at radius 2 is 2.06 bits per heavy atom. The van der Waals surface area contributed by atoms with Gasteiger partial charge in [0.25, 0.3) is 0 Å². The van der Waals surface area contributed by atoms with Gasteiger partial charge in [-0.1, -0.05) is 4.48 Å². The summed E-state index contributed by atoms with van der Waals surface area (Å²) >= 11 is 0. The van der Waals surface area contributed by atoms with Crippen molar-refractivity contribution < 1.29 is 17.7 Å². The third kappa shape index (κ3) is 1.48. The maximum atomic E-state index is 13.0. The lowest BCUT2D eigenvalue weighted by molar-refractivity contribution is -0.136. The third-order valence-electron chi connectivity index (χ3n) is 2.17. The number of alkyl halides is 3. The molecule has 85 valence electrons. The fourth-order valence-electron chi connectivity index (χ4n) is 1.49. The fourth-order valence-corrected chi connectivity index (χ4v) is 1.49. The zero-order valence-corrected chi connectivity index (χ0v) is 8.06. The number of fused-ring (bicyclic) bond motifs is 1. The number of nitrogens with one attached hydrogen (secondary N) is 1. The number of rotatable bonds is 1. The van der Waals surface area contributed by atoms with Crippen LogP contribution in [0.5, 0.6) is 0 Å². The molecule has 16 heavy (non-hydrogen) atoms. The Kier molecular flexibility index (Phi) is 2.25. The average Bonchev–Trinajstić information content (AvgIpc) is 2.58. The van der Waals surface area contributed by atoms with Gasteiger partial charge in [-0.2, -0.15) is 18.0 Å². The van der Waals surface area contributed by atoms with Crippen molar-refractivity contribution in [1.29, 1.82) is 0 Å². The quantitative estimate of drug-likeness (QED) is 0.766. The van der Waals surface area contributed by atoms with Gasteiger partial charge in [-0.05, 0) is 12.1 Å². The summed E-state index contributed by atoms with van der Waals surface area (Å²) in [6.07, 6.45) is -2.58. The predicted octanol–water partition coefficient (Wildman–Crippen LogP) is 2.63. The minimum atomic E-state index is -4.51. The summed E-state index contributed by atoms with van der Waals surface area (Å²) in [5.41, 5.74) is -1.29.